The van der Waals surface area contributed by atoms with Crippen molar-refractivity contribution < 1.29 is 19.1 Å². The van der Waals surface area contributed by atoms with Gasteiger partial charge in [0, 0.05) is 11.4 Å². The molecule has 5 nitrogen and oxygen atoms in total. The Balaban J connectivity index is 2.58. The molecule has 1 aliphatic rings. The van der Waals surface area contributed by atoms with Gasteiger partial charge < -0.3 is 14.8 Å². The first-order valence-electron chi connectivity index (χ1n) is 6.97. The molecule has 0 aromatic carbocycles. The number of esters is 2. The summed E-state index contributed by atoms with van der Waals surface area (Å²) in [7, 11) is 1.34. The van der Waals surface area contributed by atoms with Crippen LogP contribution in [0.5, 0.6) is 0 Å². The number of carbonyl (C=O) groups is 2. The third kappa shape index (κ3) is 2.92. The molecule has 1 aromatic heterocycles. The van der Waals surface area contributed by atoms with Gasteiger partial charge in [0.05, 0.1) is 30.8 Å². The topological polar surface area (TPSA) is 64.6 Å². The Morgan fingerprint density at radius 1 is 1.23 bits per heavy atom. The average Bonchev–Trinajstić information content (AvgIpc) is 2.99. The van der Waals surface area contributed by atoms with Crippen LogP contribution in [-0.2, 0) is 19.1 Å². The van der Waals surface area contributed by atoms with Gasteiger partial charge in [0.15, 0.2) is 0 Å². The highest BCUT2D eigenvalue weighted by molar-refractivity contribution is 7.08. The smallest absolute Gasteiger partial charge is 0.336 e. The van der Waals surface area contributed by atoms with Crippen LogP contribution in [0, 0.1) is 0 Å². The predicted molar refractivity (Wildman–Crippen MR) is 84.2 cm³/mol. The van der Waals surface area contributed by atoms with E-state index in [-0.39, 0.29) is 6.61 Å². The van der Waals surface area contributed by atoms with E-state index in [9.17, 15) is 9.59 Å². The van der Waals surface area contributed by atoms with Gasteiger partial charge in [-0.05, 0) is 43.2 Å². The van der Waals surface area contributed by atoms with Crippen LogP contribution >= 0.6 is 11.3 Å². The zero-order valence-corrected chi connectivity index (χ0v) is 13.9. The van der Waals surface area contributed by atoms with E-state index in [4.69, 9.17) is 9.47 Å². The Kier molecular flexibility index (Phi) is 5.03. The summed E-state index contributed by atoms with van der Waals surface area (Å²) < 4.78 is 10.1. The number of thiophene rings is 1. The van der Waals surface area contributed by atoms with Crippen LogP contribution in [0.1, 0.15) is 32.3 Å². The lowest BCUT2D eigenvalue weighted by molar-refractivity contribution is -0.139. The molecule has 1 atom stereocenters. The van der Waals surface area contributed by atoms with E-state index in [2.05, 4.69) is 5.32 Å². The Labute approximate surface area is 133 Å². The van der Waals surface area contributed by atoms with Gasteiger partial charge in [0.25, 0.3) is 0 Å². The molecular weight excluding hydrogens is 302 g/mol. The second kappa shape index (κ2) is 6.79. The monoisotopic (exact) mass is 321 g/mol. The zero-order chi connectivity index (χ0) is 16.3. The highest BCUT2D eigenvalue weighted by Gasteiger charge is 2.37. The van der Waals surface area contributed by atoms with E-state index in [1.807, 2.05) is 23.8 Å². The minimum atomic E-state index is -0.473. The van der Waals surface area contributed by atoms with E-state index in [0.29, 0.717) is 22.5 Å². The summed E-state index contributed by atoms with van der Waals surface area (Å²) in [4.78, 5) is 24.6. The molecule has 0 fully saturated rings. The third-order valence-electron chi connectivity index (χ3n) is 3.54. The average molecular weight is 321 g/mol. The Hall–Kier alpha value is -2.08. The van der Waals surface area contributed by atoms with Gasteiger partial charge in [-0.15, -0.1) is 0 Å². The lowest BCUT2D eigenvalue weighted by Crippen LogP contribution is -2.32. The molecule has 1 aromatic rings. The van der Waals surface area contributed by atoms with Crippen LogP contribution < -0.4 is 5.32 Å². The number of ether oxygens (including phenoxy) is 2. The quantitative estimate of drug-likeness (QED) is 0.864. The summed E-state index contributed by atoms with van der Waals surface area (Å²) in [6.45, 7) is 5.65. The minimum absolute atomic E-state index is 0.280. The summed E-state index contributed by atoms with van der Waals surface area (Å²) in [6.07, 6.45) is 0. The van der Waals surface area contributed by atoms with Gasteiger partial charge in [-0.25, -0.2) is 9.59 Å². The van der Waals surface area contributed by atoms with Crippen molar-refractivity contribution in [1.82, 2.24) is 5.32 Å². The van der Waals surface area contributed by atoms with Gasteiger partial charge >= 0.3 is 11.9 Å². The summed E-state index contributed by atoms with van der Waals surface area (Å²) in [6, 6.07) is 1.91. The minimum Gasteiger partial charge on any atom is -0.466 e. The molecule has 1 unspecified atom stereocenters. The molecular formula is C16H19NO4S. The Bertz CT molecular complexity index is 643. The number of hydrogen-bond acceptors (Lipinski definition) is 6. The molecule has 0 bridgehead atoms. The standard InChI is InChI=1S/C16H19NO4S/c1-5-21-16(19)13-10(3)17-9(2)12(15(18)20-4)14(13)11-6-7-22-8-11/h6-8,14,17H,5H2,1-4H3. The van der Waals surface area contributed by atoms with Gasteiger partial charge in [-0.1, -0.05) is 0 Å². The molecule has 0 amide bonds. The molecule has 2 heterocycles. The molecule has 6 heteroatoms. The molecule has 0 saturated heterocycles. The normalized spacial score (nSPS) is 18.1. The zero-order valence-electron chi connectivity index (χ0n) is 13.1. The van der Waals surface area contributed by atoms with Crippen molar-refractivity contribution in [1.29, 1.82) is 0 Å². The Morgan fingerprint density at radius 3 is 2.36 bits per heavy atom. The highest BCUT2D eigenvalue weighted by Crippen LogP contribution is 2.39. The van der Waals surface area contributed by atoms with E-state index in [0.717, 1.165) is 5.56 Å². The molecule has 0 aliphatic carbocycles. The van der Waals surface area contributed by atoms with Crippen molar-refractivity contribution in [3.8, 4) is 0 Å². The largest absolute Gasteiger partial charge is 0.466 e. The summed E-state index contributed by atoms with van der Waals surface area (Å²) in [5, 5.41) is 6.93. The molecule has 1 N–H and O–H groups in total. The van der Waals surface area contributed by atoms with Crippen LogP contribution in [0.15, 0.2) is 39.4 Å². The van der Waals surface area contributed by atoms with Crippen LogP contribution in [0.2, 0.25) is 0 Å². The predicted octanol–water partition coefficient (Wildman–Crippen LogP) is 2.72. The van der Waals surface area contributed by atoms with Crippen molar-refractivity contribution in [2.45, 2.75) is 26.7 Å². The lowest BCUT2D eigenvalue weighted by atomic mass is 9.81. The van der Waals surface area contributed by atoms with E-state index >= 15 is 0 Å². The first-order chi connectivity index (χ1) is 10.5. The molecule has 2 rings (SSSR count). The molecule has 118 valence electrons. The van der Waals surface area contributed by atoms with E-state index in [1.54, 1.807) is 13.8 Å². The summed E-state index contributed by atoms with van der Waals surface area (Å²) >= 11 is 1.51. The van der Waals surface area contributed by atoms with Crippen molar-refractivity contribution >= 4 is 23.3 Å². The lowest BCUT2D eigenvalue weighted by Gasteiger charge is -2.29. The third-order valence-corrected chi connectivity index (χ3v) is 4.24. The second-order valence-corrected chi connectivity index (χ2v) is 5.68. The molecule has 0 spiro atoms. The van der Waals surface area contributed by atoms with Crippen molar-refractivity contribution in [3.05, 3.63) is 44.9 Å². The van der Waals surface area contributed by atoms with Gasteiger partial charge in [0.1, 0.15) is 0 Å². The number of allylic oxidation sites excluding steroid dienone is 2. The fraction of sp³-hybridized carbons (Fsp3) is 0.375. The van der Waals surface area contributed by atoms with Crippen LogP contribution in [-0.4, -0.2) is 25.7 Å². The number of methoxy groups -OCH3 is 1. The van der Waals surface area contributed by atoms with Crippen molar-refractivity contribution in [3.63, 3.8) is 0 Å². The van der Waals surface area contributed by atoms with E-state index in [1.165, 1.54) is 18.4 Å². The highest BCUT2D eigenvalue weighted by atomic mass is 32.1. The summed E-state index contributed by atoms with van der Waals surface area (Å²) in [5.41, 5.74) is 3.16. The van der Waals surface area contributed by atoms with Gasteiger partial charge in [-0.3, -0.25) is 0 Å². The van der Waals surface area contributed by atoms with Crippen molar-refractivity contribution in [2.75, 3.05) is 13.7 Å². The molecule has 0 radical (unpaired) electrons. The molecule has 1 aliphatic heterocycles. The van der Waals surface area contributed by atoms with Crippen LogP contribution in [0.3, 0.4) is 0 Å². The molecule has 22 heavy (non-hydrogen) atoms. The molecule has 0 saturated carbocycles. The maximum absolute atomic E-state index is 12.4. The first-order valence-corrected chi connectivity index (χ1v) is 7.91. The number of nitrogens with one attached hydrogen (secondary N) is 1. The van der Waals surface area contributed by atoms with Crippen LogP contribution in [0.25, 0.3) is 0 Å². The number of dihydropyridines is 1. The van der Waals surface area contributed by atoms with Crippen LogP contribution in [0.4, 0.5) is 0 Å². The summed E-state index contributed by atoms with van der Waals surface area (Å²) in [5.74, 6) is -1.34. The number of rotatable bonds is 4. The second-order valence-electron chi connectivity index (χ2n) is 4.90. The number of carbonyl (C=O) groups excluding carboxylic acids is 2. The van der Waals surface area contributed by atoms with E-state index < -0.39 is 17.9 Å². The maximum atomic E-state index is 12.4. The first kappa shape index (κ1) is 16.3. The fourth-order valence-corrected chi connectivity index (χ4v) is 3.31. The Morgan fingerprint density at radius 2 is 1.86 bits per heavy atom. The van der Waals surface area contributed by atoms with Gasteiger partial charge in [0.2, 0.25) is 0 Å². The van der Waals surface area contributed by atoms with Gasteiger partial charge in [-0.2, -0.15) is 11.3 Å². The maximum Gasteiger partial charge on any atom is 0.336 e. The number of hydrogen-bond donors (Lipinski definition) is 1. The fourth-order valence-electron chi connectivity index (χ4n) is 2.63. The van der Waals surface area contributed by atoms with Crippen molar-refractivity contribution in [2.24, 2.45) is 0 Å². The SMILES string of the molecule is CCOC(=O)C1=C(C)NC(C)=C(C(=O)OC)C1c1ccsc1.